The number of amidine groups is 1. The van der Waals surface area contributed by atoms with Crippen molar-refractivity contribution in [1.29, 1.82) is 0 Å². The predicted molar refractivity (Wildman–Crippen MR) is 141 cm³/mol. The first-order valence-corrected chi connectivity index (χ1v) is 12.4. The van der Waals surface area contributed by atoms with E-state index in [4.69, 9.17) is 25.9 Å². The normalized spacial score (nSPS) is 18.4. The van der Waals surface area contributed by atoms with Crippen LogP contribution >= 0.6 is 23.4 Å². The third-order valence-electron chi connectivity index (χ3n) is 5.84. The number of carbonyl (C=O) groups is 2. The van der Waals surface area contributed by atoms with Gasteiger partial charge in [0, 0.05) is 37.5 Å². The summed E-state index contributed by atoms with van der Waals surface area (Å²) in [6.07, 6.45) is 1.67. The Kier molecular flexibility index (Phi) is 6.86. The summed E-state index contributed by atoms with van der Waals surface area (Å²) in [5.74, 6) is -0.263. The summed E-state index contributed by atoms with van der Waals surface area (Å²) in [6.45, 7) is 3.18. The van der Waals surface area contributed by atoms with Crippen molar-refractivity contribution in [3.05, 3.63) is 75.8 Å². The average Bonchev–Trinajstić information content (AvgIpc) is 3.45. The number of morpholine rings is 1. The average molecular weight is 524 g/mol. The lowest BCUT2D eigenvalue weighted by atomic mass is 10.1. The van der Waals surface area contributed by atoms with Crippen LogP contribution in [0.15, 0.2) is 68.9 Å². The third-order valence-corrected chi connectivity index (χ3v) is 7.21. The molecule has 0 aliphatic carbocycles. The van der Waals surface area contributed by atoms with Gasteiger partial charge >= 0.3 is 5.97 Å². The van der Waals surface area contributed by atoms with Crippen LogP contribution in [0.5, 0.6) is 0 Å². The van der Waals surface area contributed by atoms with Crippen molar-refractivity contribution < 1.29 is 23.8 Å². The van der Waals surface area contributed by atoms with Crippen LogP contribution in [0, 0.1) is 0 Å². The van der Waals surface area contributed by atoms with Gasteiger partial charge in [-0.05, 0) is 60.3 Å². The maximum atomic E-state index is 12.8. The predicted octanol–water partition coefficient (Wildman–Crippen LogP) is 5.37. The number of furan rings is 1. The number of nitrogens with zero attached hydrogens (tertiary/aromatic N) is 3. The number of thioether (sulfide) groups is 1. The van der Waals surface area contributed by atoms with E-state index in [2.05, 4.69) is 9.89 Å². The van der Waals surface area contributed by atoms with Crippen molar-refractivity contribution in [3.8, 4) is 11.3 Å². The number of rotatable bonds is 5. The molecule has 5 rings (SSSR count). The summed E-state index contributed by atoms with van der Waals surface area (Å²) >= 11 is 7.35. The number of likely N-dealkylation sites (N-methyl/N-ethyl adjacent to an activating group) is 1. The van der Waals surface area contributed by atoms with Crippen molar-refractivity contribution in [1.82, 2.24) is 4.90 Å². The first-order valence-electron chi connectivity index (χ1n) is 11.2. The third kappa shape index (κ3) is 5.04. The molecule has 2 aromatic carbocycles. The molecule has 36 heavy (non-hydrogen) atoms. The fourth-order valence-corrected chi connectivity index (χ4v) is 5.11. The molecule has 0 unspecified atom stereocenters. The number of carboxylic acid groups (broad SMARTS) is 1. The molecule has 0 atom stereocenters. The minimum Gasteiger partial charge on any atom is -0.478 e. The second kappa shape index (κ2) is 10.2. The highest BCUT2D eigenvalue weighted by atomic mass is 35.5. The Labute approximate surface area is 216 Å². The highest BCUT2D eigenvalue weighted by Gasteiger charge is 2.30. The molecule has 10 heteroatoms. The fraction of sp³-hybridized carbons (Fsp3) is 0.192. The zero-order valence-electron chi connectivity index (χ0n) is 19.3. The number of aliphatic imine (C=N–C) groups is 1. The van der Waals surface area contributed by atoms with Gasteiger partial charge in [-0.15, -0.1) is 0 Å². The van der Waals surface area contributed by atoms with E-state index in [1.165, 1.54) is 22.7 Å². The van der Waals surface area contributed by atoms with Crippen LogP contribution in [-0.2, 0) is 9.53 Å². The van der Waals surface area contributed by atoms with E-state index in [1.807, 2.05) is 24.3 Å². The Balaban J connectivity index is 1.32. The lowest BCUT2D eigenvalue weighted by Gasteiger charge is -2.28. The van der Waals surface area contributed by atoms with Gasteiger partial charge in [0.1, 0.15) is 11.5 Å². The van der Waals surface area contributed by atoms with Crippen LogP contribution in [-0.4, -0.2) is 60.4 Å². The van der Waals surface area contributed by atoms with E-state index in [9.17, 15) is 9.59 Å². The fourth-order valence-electron chi connectivity index (χ4n) is 3.88. The molecule has 8 nitrogen and oxygen atoms in total. The Morgan fingerprint density at radius 3 is 2.56 bits per heavy atom. The van der Waals surface area contributed by atoms with Crippen molar-refractivity contribution >= 4 is 57.9 Å². The highest BCUT2D eigenvalue weighted by Crippen LogP contribution is 2.35. The first-order chi connectivity index (χ1) is 17.4. The SMILES string of the molecule is CN1C(=O)/C(=C/c2ccc(-c3ccc(C(=O)O)c(Cl)c3)o2)SC1=Nc1ccc(N2CCOCC2)cc1. The zero-order valence-corrected chi connectivity index (χ0v) is 20.9. The van der Waals surface area contributed by atoms with Gasteiger partial charge in [0.15, 0.2) is 5.17 Å². The van der Waals surface area contributed by atoms with E-state index in [0.717, 1.165) is 37.7 Å². The topological polar surface area (TPSA) is 95.6 Å². The van der Waals surface area contributed by atoms with Crippen molar-refractivity contribution in [2.75, 3.05) is 38.3 Å². The Hall–Kier alpha value is -3.53. The molecule has 0 radical (unpaired) electrons. The van der Waals surface area contributed by atoms with E-state index in [0.29, 0.717) is 27.2 Å². The van der Waals surface area contributed by atoms with Gasteiger partial charge in [0.05, 0.1) is 34.4 Å². The summed E-state index contributed by atoms with van der Waals surface area (Å²) in [5, 5.41) is 9.85. The molecule has 1 aromatic heterocycles. The van der Waals surface area contributed by atoms with Crippen molar-refractivity contribution in [2.45, 2.75) is 0 Å². The Morgan fingerprint density at radius 2 is 1.86 bits per heavy atom. The second-order valence-corrected chi connectivity index (χ2v) is 9.60. The van der Waals surface area contributed by atoms with E-state index in [1.54, 1.807) is 37.4 Å². The number of amides is 1. The lowest BCUT2D eigenvalue weighted by Crippen LogP contribution is -2.36. The van der Waals surface area contributed by atoms with Gasteiger partial charge in [-0.2, -0.15) is 0 Å². The quantitative estimate of drug-likeness (QED) is 0.449. The minimum atomic E-state index is -1.09. The summed E-state index contributed by atoms with van der Waals surface area (Å²) in [4.78, 5) is 32.9. The molecule has 2 aliphatic rings. The maximum absolute atomic E-state index is 12.8. The number of benzene rings is 2. The number of hydrogen-bond donors (Lipinski definition) is 1. The largest absolute Gasteiger partial charge is 0.478 e. The number of ether oxygens (including phenoxy) is 1. The molecule has 2 aliphatic heterocycles. The summed E-state index contributed by atoms with van der Waals surface area (Å²) in [5.41, 5.74) is 2.55. The molecule has 1 amide bonds. The number of hydrogen-bond acceptors (Lipinski definition) is 7. The molecular formula is C26H22ClN3O5S. The molecule has 0 saturated carbocycles. The monoisotopic (exact) mass is 523 g/mol. The number of halogens is 1. The first kappa shape index (κ1) is 24.2. The van der Waals surface area contributed by atoms with Gasteiger partial charge < -0.3 is 19.2 Å². The molecule has 184 valence electrons. The van der Waals surface area contributed by atoms with Crippen molar-refractivity contribution in [3.63, 3.8) is 0 Å². The molecule has 2 saturated heterocycles. The molecule has 0 spiro atoms. The smallest absolute Gasteiger partial charge is 0.337 e. The van der Waals surface area contributed by atoms with Gasteiger partial charge in [0.25, 0.3) is 5.91 Å². The molecule has 3 aromatic rings. The van der Waals surface area contributed by atoms with E-state index < -0.39 is 5.97 Å². The number of carbonyl (C=O) groups excluding carboxylic acids is 1. The minimum absolute atomic E-state index is 0.0212. The van der Waals surface area contributed by atoms with Crippen LogP contribution < -0.4 is 4.90 Å². The number of anilines is 1. The summed E-state index contributed by atoms with van der Waals surface area (Å²) in [7, 11) is 1.69. The number of aromatic carboxylic acids is 1. The van der Waals surface area contributed by atoms with Gasteiger partial charge in [-0.1, -0.05) is 17.7 Å². The van der Waals surface area contributed by atoms with Crippen LogP contribution in [0.2, 0.25) is 5.02 Å². The zero-order chi connectivity index (χ0) is 25.2. The second-order valence-electron chi connectivity index (χ2n) is 8.19. The molecule has 0 bridgehead atoms. The molecule has 1 N–H and O–H groups in total. The van der Waals surface area contributed by atoms with E-state index in [-0.39, 0.29) is 16.5 Å². The maximum Gasteiger partial charge on any atom is 0.337 e. The molecular weight excluding hydrogens is 502 g/mol. The lowest BCUT2D eigenvalue weighted by molar-refractivity contribution is -0.121. The summed E-state index contributed by atoms with van der Waals surface area (Å²) < 4.78 is 11.3. The van der Waals surface area contributed by atoms with Crippen LogP contribution in [0.25, 0.3) is 17.4 Å². The van der Waals surface area contributed by atoms with Gasteiger partial charge in [-0.25, -0.2) is 9.79 Å². The van der Waals surface area contributed by atoms with E-state index >= 15 is 0 Å². The molecule has 2 fully saturated rings. The van der Waals surface area contributed by atoms with Gasteiger partial charge in [-0.3, -0.25) is 9.69 Å². The highest BCUT2D eigenvalue weighted by molar-refractivity contribution is 8.18. The van der Waals surface area contributed by atoms with Crippen LogP contribution in [0.1, 0.15) is 16.1 Å². The van der Waals surface area contributed by atoms with Crippen LogP contribution in [0.4, 0.5) is 11.4 Å². The Bertz CT molecular complexity index is 1380. The molecule has 3 heterocycles. The number of carboxylic acids is 1. The van der Waals surface area contributed by atoms with Gasteiger partial charge in [0.2, 0.25) is 0 Å². The standard InChI is InChI=1S/C26H22ClN3O5S/c1-29-24(31)23(15-19-7-9-22(35-19)16-2-8-20(25(32)33)21(27)14-16)36-26(29)28-17-3-5-18(6-4-17)30-10-12-34-13-11-30/h2-9,14-15H,10-13H2,1H3,(H,32,33)/b23-15-,28-26?. The van der Waals surface area contributed by atoms with Crippen molar-refractivity contribution in [2.24, 2.45) is 4.99 Å². The Morgan fingerprint density at radius 1 is 1.11 bits per heavy atom. The van der Waals surface area contributed by atoms with Crippen LogP contribution in [0.3, 0.4) is 0 Å². The summed E-state index contributed by atoms with van der Waals surface area (Å²) in [6, 6.07) is 16.0.